The van der Waals surface area contributed by atoms with Crippen LogP contribution in [0.2, 0.25) is 0 Å². The monoisotopic (exact) mass is 356 g/mol. The highest BCUT2D eigenvalue weighted by Crippen LogP contribution is 2.22. The van der Waals surface area contributed by atoms with Gasteiger partial charge in [-0.05, 0) is 55.0 Å². The SMILES string of the molecule is C[C@H](OC(=O)/C=C/c1cccc(F)c1)c1nnc(-c2ccc(F)cc2)o1. The minimum absolute atomic E-state index is 0.108. The highest BCUT2D eigenvalue weighted by molar-refractivity contribution is 5.87. The predicted molar refractivity (Wildman–Crippen MR) is 89.6 cm³/mol. The van der Waals surface area contributed by atoms with E-state index < -0.39 is 17.9 Å². The highest BCUT2D eigenvalue weighted by atomic mass is 19.1. The van der Waals surface area contributed by atoms with Gasteiger partial charge in [0.2, 0.25) is 5.89 Å². The van der Waals surface area contributed by atoms with Gasteiger partial charge >= 0.3 is 5.97 Å². The fourth-order valence-electron chi connectivity index (χ4n) is 2.15. The quantitative estimate of drug-likeness (QED) is 0.503. The van der Waals surface area contributed by atoms with Gasteiger partial charge in [0, 0.05) is 11.6 Å². The van der Waals surface area contributed by atoms with E-state index in [2.05, 4.69) is 10.2 Å². The second-order valence-corrected chi connectivity index (χ2v) is 5.42. The van der Waals surface area contributed by atoms with Crippen LogP contribution in [0.25, 0.3) is 17.5 Å². The van der Waals surface area contributed by atoms with Gasteiger partial charge in [0.1, 0.15) is 11.6 Å². The molecule has 1 atom stereocenters. The molecule has 3 rings (SSSR count). The Hall–Kier alpha value is -3.35. The van der Waals surface area contributed by atoms with E-state index in [1.54, 1.807) is 19.1 Å². The zero-order chi connectivity index (χ0) is 18.5. The van der Waals surface area contributed by atoms with Crippen molar-refractivity contribution < 1.29 is 22.7 Å². The summed E-state index contributed by atoms with van der Waals surface area (Å²) in [6, 6.07) is 11.4. The van der Waals surface area contributed by atoms with Crippen molar-refractivity contribution in [1.29, 1.82) is 0 Å². The van der Waals surface area contributed by atoms with Crippen LogP contribution >= 0.6 is 0 Å². The normalized spacial score (nSPS) is 12.3. The first kappa shape index (κ1) is 17.5. The van der Waals surface area contributed by atoms with Crippen LogP contribution < -0.4 is 0 Å². The molecule has 0 aliphatic heterocycles. The molecule has 26 heavy (non-hydrogen) atoms. The van der Waals surface area contributed by atoms with Crippen LogP contribution in [-0.4, -0.2) is 16.2 Å². The minimum Gasteiger partial charge on any atom is -0.449 e. The average Bonchev–Trinajstić information content (AvgIpc) is 3.11. The van der Waals surface area contributed by atoms with Gasteiger partial charge in [-0.15, -0.1) is 10.2 Å². The molecule has 0 fully saturated rings. The van der Waals surface area contributed by atoms with Crippen LogP contribution in [0.5, 0.6) is 0 Å². The molecule has 0 bridgehead atoms. The van der Waals surface area contributed by atoms with Crippen LogP contribution in [0.15, 0.2) is 59.0 Å². The van der Waals surface area contributed by atoms with E-state index in [0.29, 0.717) is 11.1 Å². The number of hydrogen-bond acceptors (Lipinski definition) is 5. The smallest absolute Gasteiger partial charge is 0.331 e. The van der Waals surface area contributed by atoms with E-state index in [0.717, 1.165) is 0 Å². The summed E-state index contributed by atoms with van der Waals surface area (Å²) in [5, 5.41) is 7.69. The van der Waals surface area contributed by atoms with E-state index in [-0.39, 0.29) is 17.6 Å². The van der Waals surface area contributed by atoms with E-state index in [4.69, 9.17) is 9.15 Å². The number of benzene rings is 2. The average molecular weight is 356 g/mol. The van der Waals surface area contributed by atoms with E-state index in [1.165, 1.54) is 48.6 Å². The zero-order valence-electron chi connectivity index (χ0n) is 13.7. The van der Waals surface area contributed by atoms with Crippen molar-refractivity contribution in [3.63, 3.8) is 0 Å². The van der Waals surface area contributed by atoms with Crippen molar-refractivity contribution in [3.8, 4) is 11.5 Å². The Balaban J connectivity index is 1.63. The van der Waals surface area contributed by atoms with Crippen molar-refractivity contribution >= 4 is 12.0 Å². The third-order valence-corrected chi connectivity index (χ3v) is 3.43. The lowest BCUT2D eigenvalue weighted by Gasteiger charge is -2.06. The Morgan fingerprint density at radius 2 is 1.88 bits per heavy atom. The van der Waals surface area contributed by atoms with Crippen molar-refractivity contribution in [1.82, 2.24) is 10.2 Å². The molecule has 0 aliphatic rings. The number of rotatable bonds is 5. The number of carbonyl (C=O) groups is 1. The molecule has 0 aliphatic carbocycles. The molecule has 1 aromatic heterocycles. The van der Waals surface area contributed by atoms with Crippen LogP contribution in [0, 0.1) is 11.6 Å². The molecule has 7 heteroatoms. The molecule has 0 unspecified atom stereocenters. The number of nitrogens with zero attached hydrogens (tertiary/aromatic N) is 2. The van der Waals surface area contributed by atoms with Crippen molar-refractivity contribution in [2.75, 3.05) is 0 Å². The number of ether oxygens (including phenoxy) is 1. The number of esters is 1. The summed E-state index contributed by atoms with van der Waals surface area (Å²) in [7, 11) is 0. The molecule has 0 N–H and O–H groups in total. The molecular formula is C19H14F2N2O3. The van der Waals surface area contributed by atoms with Gasteiger partial charge in [0.25, 0.3) is 5.89 Å². The largest absolute Gasteiger partial charge is 0.449 e. The minimum atomic E-state index is -0.777. The van der Waals surface area contributed by atoms with Gasteiger partial charge < -0.3 is 9.15 Å². The lowest BCUT2D eigenvalue weighted by Crippen LogP contribution is -2.06. The summed E-state index contributed by atoms with van der Waals surface area (Å²) < 4.78 is 36.7. The summed E-state index contributed by atoms with van der Waals surface area (Å²) in [5.74, 6) is -1.10. The van der Waals surface area contributed by atoms with E-state index in [9.17, 15) is 13.6 Å². The first-order valence-electron chi connectivity index (χ1n) is 7.75. The molecule has 0 amide bonds. The lowest BCUT2D eigenvalue weighted by molar-refractivity contribution is -0.143. The zero-order valence-corrected chi connectivity index (χ0v) is 13.7. The molecule has 5 nitrogen and oxygen atoms in total. The third-order valence-electron chi connectivity index (χ3n) is 3.43. The second kappa shape index (κ2) is 7.69. The van der Waals surface area contributed by atoms with E-state index >= 15 is 0 Å². The van der Waals surface area contributed by atoms with E-state index in [1.807, 2.05) is 0 Å². The fraction of sp³-hybridized carbons (Fsp3) is 0.105. The van der Waals surface area contributed by atoms with Crippen LogP contribution in [0.1, 0.15) is 24.5 Å². The maximum atomic E-state index is 13.1. The van der Waals surface area contributed by atoms with Gasteiger partial charge in [0.05, 0.1) is 0 Å². The molecule has 0 spiro atoms. The molecule has 0 saturated carbocycles. The Morgan fingerprint density at radius 1 is 1.12 bits per heavy atom. The topological polar surface area (TPSA) is 65.2 Å². The lowest BCUT2D eigenvalue weighted by atomic mass is 10.2. The van der Waals surface area contributed by atoms with Gasteiger partial charge in [-0.3, -0.25) is 0 Å². The molecule has 132 valence electrons. The number of carbonyl (C=O) groups excluding carboxylic acids is 1. The maximum Gasteiger partial charge on any atom is 0.331 e. The molecule has 1 heterocycles. The number of hydrogen-bond donors (Lipinski definition) is 0. The Morgan fingerprint density at radius 3 is 2.62 bits per heavy atom. The summed E-state index contributed by atoms with van der Waals surface area (Å²) in [4.78, 5) is 11.9. The molecular weight excluding hydrogens is 342 g/mol. The van der Waals surface area contributed by atoms with Crippen LogP contribution in [0.3, 0.4) is 0 Å². The fourth-order valence-corrected chi connectivity index (χ4v) is 2.15. The standard InChI is InChI=1S/C19H14F2N2O3/c1-12(25-17(24)10-5-13-3-2-4-16(21)11-13)18-22-23-19(26-18)14-6-8-15(20)9-7-14/h2-12H,1H3/b10-5+/t12-/m0/s1. The van der Waals surface area contributed by atoms with Gasteiger partial charge in [-0.2, -0.15) is 0 Å². The van der Waals surface area contributed by atoms with Gasteiger partial charge in [-0.1, -0.05) is 12.1 Å². The summed E-state index contributed by atoms with van der Waals surface area (Å²) in [5.41, 5.74) is 1.08. The van der Waals surface area contributed by atoms with Crippen molar-refractivity contribution in [2.24, 2.45) is 0 Å². The molecule has 2 aromatic carbocycles. The summed E-state index contributed by atoms with van der Waals surface area (Å²) >= 11 is 0. The number of halogens is 2. The first-order chi connectivity index (χ1) is 12.5. The Kier molecular flexibility index (Phi) is 5.17. The Labute approximate surface area is 147 Å². The van der Waals surface area contributed by atoms with Crippen molar-refractivity contribution in [2.45, 2.75) is 13.0 Å². The molecule has 0 saturated heterocycles. The first-order valence-corrected chi connectivity index (χ1v) is 7.75. The van der Waals surface area contributed by atoms with Crippen LogP contribution in [0.4, 0.5) is 8.78 Å². The van der Waals surface area contributed by atoms with Gasteiger partial charge in [0.15, 0.2) is 6.10 Å². The Bertz CT molecular complexity index is 936. The molecule has 0 radical (unpaired) electrons. The van der Waals surface area contributed by atoms with Gasteiger partial charge in [-0.25, -0.2) is 13.6 Å². The van der Waals surface area contributed by atoms with Crippen LogP contribution in [-0.2, 0) is 9.53 Å². The predicted octanol–water partition coefficient (Wildman–Crippen LogP) is 4.33. The molecule has 3 aromatic rings. The third kappa shape index (κ3) is 4.38. The maximum absolute atomic E-state index is 13.1. The highest BCUT2D eigenvalue weighted by Gasteiger charge is 2.18. The summed E-state index contributed by atoms with van der Waals surface area (Å²) in [6.45, 7) is 1.58. The number of aromatic nitrogens is 2. The second-order valence-electron chi connectivity index (χ2n) is 5.42. The summed E-state index contributed by atoms with van der Waals surface area (Å²) in [6.07, 6.45) is 1.85. The van der Waals surface area contributed by atoms with Crippen molar-refractivity contribution in [3.05, 3.63) is 77.7 Å².